The van der Waals surface area contributed by atoms with Gasteiger partial charge in [0.05, 0.1) is 11.4 Å². The second-order valence-electron chi connectivity index (χ2n) is 4.80. The predicted molar refractivity (Wildman–Crippen MR) is 86.9 cm³/mol. The molecule has 0 fully saturated rings. The van der Waals surface area contributed by atoms with Gasteiger partial charge in [-0.25, -0.2) is 13.1 Å². The number of aromatic hydroxyl groups is 1. The molecule has 0 saturated heterocycles. The summed E-state index contributed by atoms with van der Waals surface area (Å²) >= 11 is 0. The third-order valence-electron chi connectivity index (χ3n) is 3.03. The first-order chi connectivity index (χ1) is 10.5. The number of aliphatic imine (C=N–C) groups is 1. The van der Waals surface area contributed by atoms with Crippen LogP contribution in [-0.2, 0) is 10.0 Å². The molecule has 0 aliphatic carbocycles. The molecule has 0 heterocycles. The monoisotopic (exact) mass is 318 g/mol. The van der Waals surface area contributed by atoms with E-state index in [0.29, 0.717) is 12.1 Å². The highest BCUT2D eigenvalue weighted by molar-refractivity contribution is 7.89. The van der Waals surface area contributed by atoms with E-state index in [2.05, 4.69) is 9.71 Å². The van der Waals surface area contributed by atoms with Crippen LogP contribution in [0.5, 0.6) is 5.75 Å². The average molecular weight is 318 g/mol. The third kappa shape index (κ3) is 4.41. The van der Waals surface area contributed by atoms with E-state index in [9.17, 15) is 13.5 Å². The normalized spacial score (nSPS) is 11.9. The van der Waals surface area contributed by atoms with Gasteiger partial charge in [-0.05, 0) is 31.2 Å². The van der Waals surface area contributed by atoms with Crippen LogP contribution in [0, 0.1) is 6.92 Å². The number of sulfonamides is 1. The van der Waals surface area contributed by atoms with Crippen LogP contribution in [-0.4, -0.2) is 32.8 Å². The fourth-order valence-electron chi connectivity index (χ4n) is 1.80. The quantitative estimate of drug-likeness (QED) is 0.632. The molecule has 5 nitrogen and oxygen atoms in total. The SMILES string of the molecule is Cc1ccc(S(=O)(=O)NCCN=Cc2ccccc2O)cc1. The van der Waals surface area contributed by atoms with Crippen LogP contribution >= 0.6 is 0 Å². The second-order valence-corrected chi connectivity index (χ2v) is 6.57. The summed E-state index contributed by atoms with van der Waals surface area (Å²) in [5, 5.41) is 9.56. The van der Waals surface area contributed by atoms with Gasteiger partial charge < -0.3 is 5.11 Å². The van der Waals surface area contributed by atoms with E-state index in [1.165, 1.54) is 6.21 Å². The van der Waals surface area contributed by atoms with Gasteiger partial charge in [-0.1, -0.05) is 29.8 Å². The molecule has 2 aromatic carbocycles. The van der Waals surface area contributed by atoms with Gasteiger partial charge in [-0.3, -0.25) is 4.99 Å². The topological polar surface area (TPSA) is 78.8 Å². The zero-order chi connectivity index (χ0) is 16.0. The molecule has 6 heteroatoms. The molecule has 2 N–H and O–H groups in total. The molecule has 0 unspecified atom stereocenters. The Kier molecular flexibility index (Phi) is 5.30. The molecule has 0 amide bonds. The number of nitrogens with one attached hydrogen (secondary N) is 1. The minimum absolute atomic E-state index is 0.145. The van der Waals surface area contributed by atoms with Crippen molar-refractivity contribution in [3.8, 4) is 5.75 Å². The smallest absolute Gasteiger partial charge is 0.240 e. The summed E-state index contributed by atoms with van der Waals surface area (Å²) in [6.07, 6.45) is 1.52. The van der Waals surface area contributed by atoms with Crippen molar-refractivity contribution in [1.29, 1.82) is 0 Å². The van der Waals surface area contributed by atoms with Crippen molar-refractivity contribution < 1.29 is 13.5 Å². The molecular formula is C16H18N2O3S. The average Bonchev–Trinajstić information content (AvgIpc) is 2.49. The summed E-state index contributed by atoms with van der Waals surface area (Å²) < 4.78 is 26.5. The minimum atomic E-state index is -3.50. The summed E-state index contributed by atoms with van der Waals surface area (Å²) in [4.78, 5) is 4.34. The molecule has 0 bridgehead atoms. The van der Waals surface area contributed by atoms with Crippen LogP contribution in [0.15, 0.2) is 58.4 Å². The maximum Gasteiger partial charge on any atom is 0.240 e. The molecule has 2 aromatic rings. The molecule has 2 rings (SSSR count). The van der Waals surface area contributed by atoms with E-state index >= 15 is 0 Å². The van der Waals surface area contributed by atoms with Gasteiger partial charge in [-0.15, -0.1) is 0 Å². The number of phenolic OH excluding ortho intramolecular Hbond substituents is 1. The standard InChI is InChI=1S/C16H18N2O3S/c1-13-6-8-15(9-7-13)22(20,21)18-11-10-17-12-14-4-2-3-5-16(14)19/h2-9,12,18-19H,10-11H2,1H3. The fourth-order valence-corrected chi connectivity index (χ4v) is 2.83. The van der Waals surface area contributed by atoms with E-state index in [1.807, 2.05) is 6.92 Å². The van der Waals surface area contributed by atoms with Crippen LogP contribution in [0.2, 0.25) is 0 Å². The zero-order valence-corrected chi connectivity index (χ0v) is 13.0. The molecule has 0 atom stereocenters. The van der Waals surface area contributed by atoms with E-state index in [-0.39, 0.29) is 17.2 Å². The Morgan fingerprint density at radius 3 is 2.50 bits per heavy atom. The Morgan fingerprint density at radius 2 is 1.82 bits per heavy atom. The van der Waals surface area contributed by atoms with Crippen LogP contribution in [0.4, 0.5) is 0 Å². The molecule has 0 saturated carbocycles. The van der Waals surface area contributed by atoms with Gasteiger partial charge in [0, 0.05) is 18.3 Å². The molecule has 0 spiro atoms. The Hall–Kier alpha value is -2.18. The predicted octanol–water partition coefficient (Wildman–Crippen LogP) is 2.10. The number of phenols is 1. The zero-order valence-electron chi connectivity index (χ0n) is 12.2. The molecule has 116 valence electrons. The summed E-state index contributed by atoms with van der Waals surface area (Å²) in [6, 6.07) is 13.5. The number of aryl methyl sites for hydroxylation is 1. The second kappa shape index (κ2) is 7.20. The van der Waals surface area contributed by atoms with Gasteiger partial charge in [0.1, 0.15) is 5.75 Å². The highest BCUT2D eigenvalue weighted by atomic mass is 32.2. The van der Waals surface area contributed by atoms with Crippen LogP contribution in [0.1, 0.15) is 11.1 Å². The highest BCUT2D eigenvalue weighted by Crippen LogP contribution is 2.12. The summed E-state index contributed by atoms with van der Waals surface area (Å²) in [5.74, 6) is 0.145. The lowest BCUT2D eigenvalue weighted by molar-refractivity contribution is 0.474. The first-order valence-electron chi connectivity index (χ1n) is 6.83. The van der Waals surface area contributed by atoms with E-state index in [0.717, 1.165) is 5.56 Å². The lowest BCUT2D eigenvalue weighted by atomic mass is 10.2. The number of benzene rings is 2. The fraction of sp³-hybridized carbons (Fsp3) is 0.188. The van der Waals surface area contributed by atoms with Gasteiger partial charge in [0.2, 0.25) is 10.0 Å². The van der Waals surface area contributed by atoms with Crippen molar-refractivity contribution >= 4 is 16.2 Å². The number of hydrogen-bond donors (Lipinski definition) is 2. The Balaban J connectivity index is 1.88. The first-order valence-corrected chi connectivity index (χ1v) is 8.31. The maximum absolute atomic E-state index is 12.0. The van der Waals surface area contributed by atoms with Gasteiger partial charge in [0.25, 0.3) is 0 Å². The van der Waals surface area contributed by atoms with Crippen LogP contribution in [0.25, 0.3) is 0 Å². The van der Waals surface area contributed by atoms with E-state index < -0.39 is 10.0 Å². The minimum Gasteiger partial charge on any atom is -0.507 e. The Morgan fingerprint density at radius 1 is 1.14 bits per heavy atom. The van der Waals surface area contributed by atoms with Gasteiger partial charge in [-0.2, -0.15) is 0 Å². The summed E-state index contributed by atoms with van der Waals surface area (Å²) in [7, 11) is -3.50. The first kappa shape index (κ1) is 16.2. The van der Waals surface area contributed by atoms with Crippen molar-refractivity contribution in [2.75, 3.05) is 13.1 Å². The van der Waals surface area contributed by atoms with Crippen molar-refractivity contribution in [3.05, 3.63) is 59.7 Å². The lowest BCUT2D eigenvalue weighted by Gasteiger charge is -2.05. The number of nitrogens with zero attached hydrogens (tertiary/aromatic N) is 1. The maximum atomic E-state index is 12.0. The van der Waals surface area contributed by atoms with Crippen LogP contribution < -0.4 is 4.72 Å². The number of para-hydroxylation sites is 1. The molecule has 0 aliphatic rings. The lowest BCUT2D eigenvalue weighted by Crippen LogP contribution is -2.26. The number of rotatable bonds is 6. The van der Waals surface area contributed by atoms with Gasteiger partial charge >= 0.3 is 0 Å². The number of hydrogen-bond acceptors (Lipinski definition) is 4. The molecule has 0 aromatic heterocycles. The van der Waals surface area contributed by atoms with E-state index in [4.69, 9.17) is 0 Å². The highest BCUT2D eigenvalue weighted by Gasteiger charge is 2.12. The van der Waals surface area contributed by atoms with E-state index in [1.54, 1.807) is 48.5 Å². The van der Waals surface area contributed by atoms with Crippen molar-refractivity contribution in [2.24, 2.45) is 4.99 Å². The Labute approximate surface area is 130 Å². The summed E-state index contributed by atoms with van der Waals surface area (Å²) in [6.45, 7) is 2.39. The largest absolute Gasteiger partial charge is 0.507 e. The molecular weight excluding hydrogens is 300 g/mol. The molecule has 0 aliphatic heterocycles. The van der Waals surface area contributed by atoms with Crippen LogP contribution in [0.3, 0.4) is 0 Å². The molecule has 0 radical (unpaired) electrons. The third-order valence-corrected chi connectivity index (χ3v) is 4.51. The van der Waals surface area contributed by atoms with Crippen molar-refractivity contribution in [1.82, 2.24) is 4.72 Å². The van der Waals surface area contributed by atoms with Gasteiger partial charge in [0.15, 0.2) is 0 Å². The summed E-state index contributed by atoms with van der Waals surface area (Å²) in [5.41, 5.74) is 1.61. The molecule has 22 heavy (non-hydrogen) atoms. The van der Waals surface area contributed by atoms with Crippen molar-refractivity contribution in [2.45, 2.75) is 11.8 Å². The van der Waals surface area contributed by atoms with Crippen molar-refractivity contribution in [3.63, 3.8) is 0 Å². The Bertz CT molecular complexity index is 753.